The van der Waals surface area contributed by atoms with Crippen LogP contribution in [-0.2, 0) is 23.4 Å². The summed E-state index contributed by atoms with van der Waals surface area (Å²) in [5.74, 6) is -0.374. The number of methoxy groups -OCH3 is 1. The van der Waals surface area contributed by atoms with Gasteiger partial charge in [-0.25, -0.2) is 0 Å². The molecule has 1 aliphatic heterocycles. The Balaban J connectivity index is 2.77. The van der Waals surface area contributed by atoms with Crippen molar-refractivity contribution in [2.75, 3.05) is 13.7 Å². The maximum absolute atomic E-state index is 13.7. The van der Waals surface area contributed by atoms with E-state index >= 15 is 0 Å². The van der Waals surface area contributed by atoms with Crippen LogP contribution in [0.2, 0.25) is 18.1 Å². The first-order valence-corrected chi connectivity index (χ1v) is 14.0. The number of aliphatic hydroxyl groups is 1. The van der Waals surface area contributed by atoms with Crippen molar-refractivity contribution < 1.29 is 41.7 Å². The molecule has 0 amide bonds. The molecule has 0 bridgehead atoms. The number of carbonyl (C=O) groups excluding carboxylic acids is 1. The van der Waals surface area contributed by atoms with E-state index in [0.29, 0.717) is 0 Å². The molecule has 32 heavy (non-hydrogen) atoms. The maximum Gasteiger partial charge on any atom is 0.413 e. The molecule has 1 N–H and O–H groups in total. The van der Waals surface area contributed by atoms with Crippen molar-refractivity contribution in [1.29, 1.82) is 0 Å². The van der Waals surface area contributed by atoms with Crippen molar-refractivity contribution in [3.8, 4) is 0 Å². The molecule has 10 heteroatoms. The molecule has 1 aliphatic rings. The Labute approximate surface area is 191 Å². The van der Waals surface area contributed by atoms with Crippen LogP contribution in [0.4, 0.5) is 13.2 Å². The summed E-state index contributed by atoms with van der Waals surface area (Å²) in [5.41, 5.74) is -0.649. The first-order valence-electron chi connectivity index (χ1n) is 11.1. The first kappa shape index (κ1) is 29.3. The molecule has 0 aromatic carbocycles. The smallest absolute Gasteiger partial charge is 0.413 e. The Bertz CT molecular complexity index is 612. The number of alkyl halides is 3. The number of rotatable bonds is 9. The van der Waals surface area contributed by atoms with Gasteiger partial charge in [0.05, 0.1) is 24.2 Å². The molecule has 1 unspecified atom stereocenters. The second kappa shape index (κ2) is 10.7. The van der Waals surface area contributed by atoms with Gasteiger partial charge in [-0.15, -0.1) is 0 Å². The van der Waals surface area contributed by atoms with E-state index in [-0.39, 0.29) is 36.9 Å². The molecule has 0 aromatic rings. The average molecular weight is 487 g/mol. The SMILES string of the molecule is CO[C@@H]1[C@@H](O)[C@H](CCOC(=O)C(C)(C)C)O[C@@H]1CCC(O[Si](C)(C)C(C)(C)C)C(F)(F)F. The molecule has 6 nitrogen and oxygen atoms in total. The van der Waals surface area contributed by atoms with Crippen molar-refractivity contribution in [3.63, 3.8) is 0 Å². The quantitative estimate of drug-likeness (QED) is 0.371. The number of ether oxygens (including phenoxy) is 3. The molecule has 1 fully saturated rings. The van der Waals surface area contributed by atoms with Gasteiger partial charge >= 0.3 is 12.1 Å². The number of halogens is 3. The summed E-state index contributed by atoms with van der Waals surface area (Å²) < 4.78 is 63.2. The number of hydrogen-bond acceptors (Lipinski definition) is 6. The molecule has 190 valence electrons. The fourth-order valence-electron chi connectivity index (χ4n) is 3.20. The third kappa shape index (κ3) is 7.97. The van der Waals surface area contributed by atoms with Gasteiger partial charge in [0, 0.05) is 13.5 Å². The number of aliphatic hydroxyl groups excluding tert-OH is 1. The third-order valence-electron chi connectivity index (χ3n) is 6.28. The highest BCUT2D eigenvalue weighted by Crippen LogP contribution is 2.41. The minimum absolute atomic E-state index is 0.0205. The molecule has 1 rings (SSSR count). The predicted molar refractivity (Wildman–Crippen MR) is 118 cm³/mol. The van der Waals surface area contributed by atoms with Crippen LogP contribution in [-0.4, -0.2) is 69.8 Å². The molecule has 5 atom stereocenters. The van der Waals surface area contributed by atoms with Crippen LogP contribution in [0.25, 0.3) is 0 Å². The summed E-state index contributed by atoms with van der Waals surface area (Å²) in [5, 5.41) is 10.2. The van der Waals surface area contributed by atoms with E-state index in [1.807, 2.05) is 20.8 Å². The van der Waals surface area contributed by atoms with Gasteiger partial charge in [0.15, 0.2) is 8.32 Å². The summed E-state index contributed by atoms with van der Waals surface area (Å²) in [4.78, 5) is 11.9. The van der Waals surface area contributed by atoms with Gasteiger partial charge in [0.1, 0.15) is 18.3 Å². The monoisotopic (exact) mass is 486 g/mol. The Morgan fingerprint density at radius 2 is 1.62 bits per heavy atom. The van der Waals surface area contributed by atoms with E-state index in [2.05, 4.69) is 0 Å². The molecule has 0 radical (unpaired) electrons. The van der Waals surface area contributed by atoms with Crippen LogP contribution in [0, 0.1) is 5.41 Å². The number of esters is 1. The van der Waals surface area contributed by atoms with Gasteiger partial charge in [-0.2, -0.15) is 13.2 Å². The van der Waals surface area contributed by atoms with Gasteiger partial charge in [0.2, 0.25) is 0 Å². The minimum Gasteiger partial charge on any atom is -0.465 e. The molecule has 0 spiro atoms. The highest BCUT2D eigenvalue weighted by Gasteiger charge is 2.49. The molecule has 0 aromatic heterocycles. The van der Waals surface area contributed by atoms with Crippen molar-refractivity contribution in [2.24, 2.45) is 5.41 Å². The molecule has 0 saturated carbocycles. The van der Waals surface area contributed by atoms with E-state index in [0.717, 1.165) is 0 Å². The van der Waals surface area contributed by atoms with Crippen LogP contribution in [0.1, 0.15) is 60.8 Å². The molecular weight excluding hydrogens is 445 g/mol. The van der Waals surface area contributed by atoms with Crippen LogP contribution in [0.3, 0.4) is 0 Å². The predicted octanol–water partition coefficient (Wildman–Crippen LogP) is 4.84. The zero-order valence-electron chi connectivity index (χ0n) is 20.8. The van der Waals surface area contributed by atoms with Gasteiger partial charge in [-0.05, 0) is 51.7 Å². The van der Waals surface area contributed by atoms with E-state index < -0.39 is 50.4 Å². The minimum atomic E-state index is -4.50. The van der Waals surface area contributed by atoms with Crippen LogP contribution in [0.15, 0.2) is 0 Å². The Morgan fingerprint density at radius 1 is 1.06 bits per heavy atom. The zero-order valence-corrected chi connectivity index (χ0v) is 21.8. The second-order valence-electron chi connectivity index (χ2n) is 11.1. The normalized spacial score (nSPS) is 26.3. The Morgan fingerprint density at radius 3 is 2.06 bits per heavy atom. The summed E-state index contributed by atoms with van der Waals surface area (Å²) in [6.45, 7) is 14.5. The van der Waals surface area contributed by atoms with Crippen LogP contribution < -0.4 is 0 Å². The molecule has 1 saturated heterocycles. The van der Waals surface area contributed by atoms with Crippen LogP contribution in [0.5, 0.6) is 0 Å². The largest absolute Gasteiger partial charge is 0.465 e. The van der Waals surface area contributed by atoms with Crippen molar-refractivity contribution >= 4 is 14.3 Å². The van der Waals surface area contributed by atoms with Crippen molar-refractivity contribution in [1.82, 2.24) is 0 Å². The van der Waals surface area contributed by atoms with Crippen molar-refractivity contribution in [3.05, 3.63) is 0 Å². The highest BCUT2D eigenvalue weighted by molar-refractivity contribution is 6.74. The van der Waals surface area contributed by atoms with Crippen LogP contribution >= 0.6 is 0 Å². The fourth-order valence-corrected chi connectivity index (χ4v) is 4.51. The van der Waals surface area contributed by atoms with Gasteiger partial charge in [-0.3, -0.25) is 4.79 Å². The first-order chi connectivity index (χ1) is 14.3. The van der Waals surface area contributed by atoms with Gasteiger partial charge in [0.25, 0.3) is 0 Å². The van der Waals surface area contributed by atoms with Gasteiger partial charge < -0.3 is 23.7 Å². The zero-order chi connectivity index (χ0) is 25.1. The lowest BCUT2D eigenvalue weighted by atomic mass is 9.97. The Hall–Kier alpha value is -0.683. The van der Waals surface area contributed by atoms with E-state index in [9.17, 15) is 23.1 Å². The number of hydrogen-bond donors (Lipinski definition) is 1. The Kier molecular flexibility index (Phi) is 9.83. The standard InChI is InChI=1S/C22H41F3O6Si/c1-20(2,3)19(27)29-13-12-14-17(26)18(28-7)15(30-14)10-11-16(22(23,24)25)31-32(8,9)21(4,5)6/h14-18,26H,10-13H2,1-9H3/t14-,15+,16?,17-,18-/m0/s1. The van der Waals surface area contributed by atoms with E-state index in [4.69, 9.17) is 18.6 Å². The van der Waals surface area contributed by atoms with E-state index in [1.165, 1.54) is 7.11 Å². The summed E-state index contributed by atoms with van der Waals surface area (Å²) in [6, 6.07) is 0. The lowest BCUT2D eigenvalue weighted by molar-refractivity contribution is -0.202. The lowest BCUT2D eigenvalue weighted by Gasteiger charge is -2.40. The van der Waals surface area contributed by atoms with E-state index in [1.54, 1.807) is 33.9 Å². The van der Waals surface area contributed by atoms with Gasteiger partial charge in [-0.1, -0.05) is 20.8 Å². The topological polar surface area (TPSA) is 74.2 Å². The highest BCUT2D eigenvalue weighted by atomic mass is 28.4. The lowest BCUT2D eigenvalue weighted by Crippen LogP contribution is -2.48. The summed E-state index contributed by atoms with van der Waals surface area (Å²) in [7, 11) is -1.25. The fraction of sp³-hybridized carbons (Fsp3) is 0.955. The molecule has 1 heterocycles. The maximum atomic E-state index is 13.7. The number of carbonyl (C=O) groups is 1. The second-order valence-corrected chi connectivity index (χ2v) is 15.8. The third-order valence-corrected chi connectivity index (χ3v) is 10.8. The molecule has 0 aliphatic carbocycles. The average Bonchev–Trinajstić information content (AvgIpc) is 2.90. The summed E-state index contributed by atoms with van der Waals surface area (Å²) in [6.07, 6.45) is -9.66. The van der Waals surface area contributed by atoms with Crippen molar-refractivity contribution in [2.45, 2.75) is 116 Å². The molecular formula is C22H41F3O6Si. The summed E-state index contributed by atoms with van der Waals surface area (Å²) >= 11 is 0.